The Morgan fingerprint density at radius 2 is 1.77 bits per heavy atom. The molecule has 1 fully saturated rings. The normalized spacial score (nSPS) is 16.9. The van der Waals surface area contributed by atoms with Crippen molar-refractivity contribution in [3.05, 3.63) is 47.3 Å². The summed E-state index contributed by atoms with van der Waals surface area (Å²) in [7, 11) is 0. The van der Waals surface area contributed by atoms with Gasteiger partial charge in [0.1, 0.15) is 11.9 Å². The Bertz CT molecular complexity index is 1030. The number of aromatic nitrogens is 2. The lowest BCUT2D eigenvalue weighted by atomic mass is 9.96. The Hall–Kier alpha value is -2.37. The summed E-state index contributed by atoms with van der Waals surface area (Å²) in [5.41, 5.74) is 6.92. The van der Waals surface area contributed by atoms with Crippen LogP contribution in [-0.2, 0) is 0 Å². The number of nitrogens with one attached hydrogen (secondary N) is 1. The topological polar surface area (TPSA) is 61.4 Å². The summed E-state index contributed by atoms with van der Waals surface area (Å²) in [6.45, 7) is 13.1. The number of aryl methyl sites for hydroxylation is 2. The monoisotopic (exact) mass is 421 g/mol. The van der Waals surface area contributed by atoms with E-state index in [9.17, 15) is 5.11 Å². The standard InChI is InChI=1S/C26H35N3O2/c1-16(2)25-23-14-22(31-21-8-10-29(11-9-21)15-19(5)30)6-7-24(23)28-26(25)20-12-17(3)27-18(4)13-20/h6-7,12-14,16,19,21,28,30H,8-11,15H2,1-5H3. The predicted octanol–water partition coefficient (Wildman–Crippen LogP) is 5.19. The maximum Gasteiger partial charge on any atom is 0.120 e. The van der Waals surface area contributed by atoms with Crippen LogP contribution in [0.2, 0.25) is 0 Å². The van der Waals surface area contributed by atoms with E-state index in [4.69, 9.17) is 4.74 Å². The average molecular weight is 422 g/mol. The van der Waals surface area contributed by atoms with Crippen LogP contribution in [0, 0.1) is 13.8 Å². The van der Waals surface area contributed by atoms with Crippen molar-refractivity contribution in [2.45, 2.75) is 65.6 Å². The molecule has 31 heavy (non-hydrogen) atoms. The first-order chi connectivity index (χ1) is 14.8. The molecule has 5 heteroatoms. The highest BCUT2D eigenvalue weighted by Crippen LogP contribution is 2.37. The van der Waals surface area contributed by atoms with Crippen LogP contribution in [0.25, 0.3) is 22.2 Å². The lowest BCUT2D eigenvalue weighted by molar-refractivity contribution is 0.0674. The van der Waals surface area contributed by atoms with Gasteiger partial charge in [0, 0.05) is 47.5 Å². The van der Waals surface area contributed by atoms with Gasteiger partial charge < -0.3 is 19.7 Å². The second-order valence-corrected chi connectivity index (χ2v) is 9.38. The Kier molecular flexibility index (Phi) is 6.35. The molecule has 166 valence electrons. The van der Waals surface area contributed by atoms with E-state index >= 15 is 0 Å². The minimum absolute atomic E-state index is 0.231. The molecule has 2 N–H and O–H groups in total. The van der Waals surface area contributed by atoms with Gasteiger partial charge in [-0.3, -0.25) is 4.98 Å². The van der Waals surface area contributed by atoms with E-state index in [2.05, 4.69) is 59.0 Å². The summed E-state index contributed by atoms with van der Waals surface area (Å²) in [4.78, 5) is 10.5. The van der Waals surface area contributed by atoms with Gasteiger partial charge >= 0.3 is 0 Å². The van der Waals surface area contributed by atoms with Crippen LogP contribution >= 0.6 is 0 Å². The van der Waals surface area contributed by atoms with E-state index in [0.717, 1.165) is 55.1 Å². The van der Waals surface area contributed by atoms with Crippen molar-refractivity contribution in [2.24, 2.45) is 0 Å². The molecule has 2 aromatic heterocycles. The number of piperidine rings is 1. The third kappa shape index (κ3) is 4.94. The largest absolute Gasteiger partial charge is 0.490 e. The Balaban J connectivity index is 1.60. The Labute approximate surface area is 185 Å². The minimum Gasteiger partial charge on any atom is -0.490 e. The molecule has 0 radical (unpaired) electrons. The van der Waals surface area contributed by atoms with E-state index < -0.39 is 0 Å². The summed E-state index contributed by atoms with van der Waals surface area (Å²) in [6.07, 6.45) is 1.95. The molecule has 0 spiro atoms. The first-order valence-electron chi connectivity index (χ1n) is 11.5. The third-order valence-corrected chi connectivity index (χ3v) is 6.12. The first-order valence-corrected chi connectivity index (χ1v) is 11.5. The molecule has 1 unspecified atom stereocenters. The summed E-state index contributed by atoms with van der Waals surface area (Å²) in [5.74, 6) is 1.33. The van der Waals surface area contributed by atoms with E-state index in [1.807, 2.05) is 20.8 Å². The van der Waals surface area contributed by atoms with Crippen molar-refractivity contribution in [1.82, 2.24) is 14.9 Å². The van der Waals surface area contributed by atoms with Gasteiger partial charge in [0.05, 0.1) is 11.8 Å². The highest BCUT2D eigenvalue weighted by Gasteiger charge is 2.22. The van der Waals surface area contributed by atoms with Crippen LogP contribution in [0.15, 0.2) is 30.3 Å². The van der Waals surface area contributed by atoms with Gasteiger partial charge in [0.2, 0.25) is 0 Å². The maximum absolute atomic E-state index is 9.61. The number of aliphatic hydroxyl groups is 1. The lowest BCUT2D eigenvalue weighted by Gasteiger charge is -2.32. The predicted molar refractivity (Wildman–Crippen MR) is 127 cm³/mol. The molecule has 3 heterocycles. The van der Waals surface area contributed by atoms with Gasteiger partial charge in [-0.25, -0.2) is 0 Å². The zero-order valence-corrected chi connectivity index (χ0v) is 19.4. The molecular weight excluding hydrogens is 386 g/mol. The maximum atomic E-state index is 9.61. The zero-order valence-electron chi connectivity index (χ0n) is 19.4. The quantitative estimate of drug-likeness (QED) is 0.575. The fourth-order valence-electron chi connectivity index (χ4n) is 4.85. The molecule has 0 amide bonds. The van der Waals surface area contributed by atoms with Gasteiger partial charge in [-0.15, -0.1) is 0 Å². The summed E-state index contributed by atoms with van der Waals surface area (Å²) in [5, 5.41) is 10.8. The van der Waals surface area contributed by atoms with Crippen molar-refractivity contribution in [3.8, 4) is 17.0 Å². The van der Waals surface area contributed by atoms with Gasteiger partial charge in [0.25, 0.3) is 0 Å². The number of ether oxygens (including phenoxy) is 1. The van der Waals surface area contributed by atoms with E-state index in [1.54, 1.807) is 0 Å². The molecule has 1 aliphatic heterocycles. The SMILES string of the molecule is Cc1cc(-c2[nH]c3ccc(OC4CCN(CC(C)O)CC4)cc3c2C(C)C)cc(C)n1. The zero-order chi connectivity index (χ0) is 22.1. The molecule has 0 aliphatic carbocycles. The number of aliphatic hydroxyl groups excluding tert-OH is 1. The van der Waals surface area contributed by atoms with Crippen LogP contribution in [0.4, 0.5) is 0 Å². The van der Waals surface area contributed by atoms with Gasteiger partial charge in [-0.1, -0.05) is 13.8 Å². The van der Waals surface area contributed by atoms with Crippen LogP contribution < -0.4 is 4.74 Å². The van der Waals surface area contributed by atoms with Gasteiger partial charge in [-0.2, -0.15) is 0 Å². The second-order valence-electron chi connectivity index (χ2n) is 9.38. The van der Waals surface area contributed by atoms with Crippen LogP contribution in [0.3, 0.4) is 0 Å². The molecule has 0 saturated carbocycles. The number of aromatic amines is 1. The van der Waals surface area contributed by atoms with Crippen molar-refractivity contribution in [2.75, 3.05) is 19.6 Å². The molecule has 1 aliphatic rings. The number of rotatable bonds is 6. The van der Waals surface area contributed by atoms with Crippen molar-refractivity contribution >= 4 is 10.9 Å². The van der Waals surface area contributed by atoms with Crippen molar-refractivity contribution < 1.29 is 9.84 Å². The molecular formula is C26H35N3O2. The smallest absolute Gasteiger partial charge is 0.120 e. The number of fused-ring (bicyclic) bond motifs is 1. The Morgan fingerprint density at radius 3 is 2.39 bits per heavy atom. The average Bonchev–Trinajstić information content (AvgIpc) is 3.07. The van der Waals surface area contributed by atoms with E-state index in [1.165, 1.54) is 22.2 Å². The summed E-state index contributed by atoms with van der Waals surface area (Å²) in [6, 6.07) is 10.7. The number of hydrogen-bond acceptors (Lipinski definition) is 4. The van der Waals surface area contributed by atoms with E-state index in [-0.39, 0.29) is 12.2 Å². The van der Waals surface area contributed by atoms with Crippen molar-refractivity contribution in [1.29, 1.82) is 0 Å². The highest BCUT2D eigenvalue weighted by molar-refractivity contribution is 5.92. The van der Waals surface area contributed by atoms with Crippen LogP contribution in [0.1, 0.15) is 56.5 Å². The first kappa shape index (κ1) is 21.8. The van der Waals surface area contributed by atoms with E-state index in [0.29, 0.717) is 5.92 Å². The molecule has 3 aromatic rings. The molecule has 0 bridgehead atoms. The number of pyridine rings is 1. The highest BCUT2D eigenvalue weighted by atomic mass is 16.5. The Morgan fingerprint density at radius 1 is 1.10 bits per heavy atom. The van der Waals surface area contributed by atoms with Gasteiger partial charge in [-0.05, 0) is 75.4 Å². The number of benzene rings is 1. The minimum atomic E-state index is -0.273. The molecule has 5 nitrogen and oxygen atoms in total. The van der Waals surface area contributed by atoms with Crippen LogP contribution in [-0.4, -0.2) is 51.8 Å². The fourth-order valence-corrected chi connectivity index (χ4v) is 4.85. The number of nitrogens with zero attached hydrogens (tertiary/aromatic N) is 2. The third-order valence-electron chi connectivity index (χ3n) is 6.12. The number of β-amino-alcohol motifs (C(OH)–C–C–N with tert-alkyl or cyclic N) is 1. The summed E-state index contributed by atoms with van der Waals surface area (Å²) < 4.78 is 6.39. The lowest BCUT2D eigenvalue weighted by Crippen LogP contribution is -2.41. The molecule has 1 aromatic carbocycles. The number of hydrogen-bond donors (Lipinski definition) is 2. The molecule has 4 rings (SSSR count). The number of likely N-dealkylation sites (tertiary alicyclic amines) is 1. The van der Waals surface area contributed by atoms with Gasteiger partial charge in [0.15, 0.2) is 0 Å². The fraction of sp³-hybridized carbons (Fsp3) is 0.500. The van der Waals surface area contributed by atoms with Crippen LogP contribution in [0.5, 0.6) is 5.75 Å². The molecule has 1 atom stereocenters. The summed E-state index contributed by atoms with van der Waals surface area (Å²) >= 11 is 0. The second kappa shape index (κ2) is 9.01. The number of H-pyrrole nitrogens is 1. The van der Waals surface area contributed by atoms with Crippen molar-refractivity contribution in [3.63, 3.8) is 0 Å². The molecule has 1 saturated heterocycles.